The zero-order valence-electron chi connectivity index (χ0n) is 11.3. The number of alkyl halides is 4. The molecule has 0 aliphatic rings. The molecule has 8 heteroatoms. The van der Waals surface area contributed by atoms with Crippen molar-refractivity contribution in [3.05, 3.63) is 11.9 Å². The highest BCUT2D eigenvalue weighted by atomic mass is 19.3. The summed E-state index contributed by atoms with van der Waals surface area (Å²) in [4.78, 5) is 7.72. The van der Waals surface area contributed by atoms with Crippen LogP contribution >= 0.6 is 0 Å². The van der Waals surface area contributed by atoms with Crippen LogP contribution < -0.4 is 10.1 Å². The molecule has 0 unspecified atom stereocenters. The Bertz CT molecular complexity index is 429. The molecular weight excluding hydrogens is 278 g/mol. The first-order valence-corrected chi connectivity index (χ1v) is 6.28. The molecule has 0 aliphatic carbocycles. The van der Waals surface area contributed by atoms with E-state index in [2.05, 4.69) is 15.3 Å². The zero-order valence-corrected chi connectivity index (χ0v) is 11.3. The Morgan fingerprint density at radius 1 is 1.30 bits per heavy atom. The van der Waals surface area contributed by atoms with E-state index in [-0.39, 0.29) is 5.88 Å². The lowest BCUT2D eigenvalue weighted by atomic mass is 10.2. The summed E-state index contributed by atoms with van der Waals surface area (Å²) in [6.07, 6.45) is -1.34. The molecular formula is C12H17F4N3O. The molecule has 20 heavy (non-hydrogen) atoms. The second-order valence-corrected chi connectivity index (χ2v) is 4.14. The molecule has 1 rings (SSSR count). The standard InChI is InChI=1S/C12H17F4N3O/c1-3-5-17-9-8(4-2)10(19-7-18-9)20-6-12(15,16)11(13)14/h7,11H,3-6H2,1-2H3,(H,17,18,19). The largest absolute Gasteiger partial charge is 0.471 e. The van der Waals surface area contributed by atoms with Crippen molar-refractivity contribution in [2.75, 3.05) is 18.5 Å². The van der Waals surface area contributed by atoms with Gasteiger partial charge in [0.1, 0.15) is 12.1 Å². The Balaban J connectivity index is 2.84. The topological polar surface area (TPSA) is 47.0 Å². The summed E-state index contributed by atoms with van der Waals surface area (Å²) in [7, 11) is 0. The van der Waals surface area contributed by atoms with Crippen LogP contribution in [0.25, 0.3) is 0 Å². The van der Waals surface area contributed by atoms with Gasteiger partial charge in [-0.3, -0.25) is 0 Å². The van der Waals surface area contributed by atoms with Gasteiger partial charge in [0.05, 0.1) is 5.56 Å². The molecule has 114 valence electrons. The monoisotopic (exact) mass is 295 g/mol. The van der Waals surface area contributed by atoms with Crippen molar-refractivity contribution in [2.45, 2.75) is 39.0 Å². The molecule has 0 aliphatic heterocycles. The fourth-order valence-electron chi connectivity index (χ4n) is 1.46. The molecule has 4 nitrogen and oxygen atoms in total. The number of aromatic nitrogens is 2. The maximum Gasteiger partial charge on any atom is 0.340 e. The molecule has 0 aromatic carbocycles. The summed E-state index contributed by atoms with van der Waals surface area (Å²) in [5, 5.41) is 3.01. The Kier molecular flexibility index (Phi) is 5.97. The normalized spacial score (nSPS) is 11.8. The number of nitrogens with zero attached hydrogens (tertiary/aromatic N) is 2. The van der Waals surface area contributed by atoms with Gasteiger partial charge in [-0.2, -0.15) is 8.78 Å². The summed E-state index contributed by atoms with van der Waals surface area (Å²) >= 11 is 0. The molecule has 0 fully saturated rings. The molecule has 0 saturated heterocycles. The predicted molar refractivity (Wildman–Crippen MR) is 66.6 cm³/mol. The van der Waals surface area contributed by atoms with Gasteiger partial charge in [-0.1, -0.05) is 13.8 Å². The van der Waals surface area contributed by atoms with Crippen LogP contribution in [0.2, 0.25) is 0 Å². The highest BCUT2D eigenvalue weighted by Gasteiger charge is 2.42. The van der Waals surface area contributed by atoms with Crippen molar-refractivity contribution < 1.29 is 22.3 Å². The quantitative estimate of drug-likeness (QED) is 0.748. The molecule has 0 amide bonds. The van der Waals surface area contributed by atoms with Crippen LogP contribution in [-0.4, -0.2) is 35.5 Å². The SMILES string of the molecule is CCCNc1ncnc(OCC(F)(F)C(F)F)c1CC. The smallest absolute Gasteiger partial charge is 0.340 e. The molecule has 1 aromatic heterocycles. The number of hydrogen-bond acceptors (Lipinski definition) is 4. The van der Waals surface area contributed by atoms with Gasteiger partial charge >= 0.3 is 12.3 Å². The third kappa shape index (κ3) is 4.21. The number of halogens is 4. The number of anilines is 1. The molecule has 1 aromatic rings. The lowest BCUT2D eigenvalue weighted by molar-refractivity contribution is -0.148. The van der Waals surface area contributed by atoms with Crippen molar-refractivity contribution in [2.24, 2.45) is 0 Å². The Hall–Kier alpha value is -1.60. The molecule has 0 atom stereocenters. The molecule has 0 radical (unpaired) electrons. The molecule has 1 N–H and O–H groups in total. The fraction of sp³-hybridized carbons (Fsp3) is 0.667. The van der Waals surface area contributed by atoms with E-state index in [0.717, 1.165) is 12.7 Å². The zero-order chi connectivity index (χ0) is 15.2. The average molecular weight is 295 g/mol. The van der Waals surface area contributed by atoms with Gasteiger partial charge in [0.2, 0.25) is 5.88 Å². The summed E-state index contributed by atoms with van der Waals surface area (Å²) in [5.41, 5.74) is 0.492. The van der Waals surface area contributed by atoms with E-state index in [0.29, 0.717) is 24.3 Å². The van der Waals surface area contributed by atoms with E-state index in [1.165, 1.54) is 0 Å². The van der Waals surface area contributed by atoms with Crippen molar-refractivity contribution in [3.8, 4) is 5.88 Å². The lowest BCUT2D eigenvalue weighted by Gasteiger charge is -2.17. The van der Waals surface area contributed by atoms with Crippen LogP contribution in [0, 0.1) is 0 Å². The summed E-state index contributed by atoms with van der Waals surface area (Å²) in [6.45, 7) is 2.97. The first-order chi connectivity index (χ1) is 9.42. The first kappa shape index (κ1) is 16.5. The van der Waals surface area contributed by atoms with Crippen molar-refractivity contribution >= 4 is 5.82 Å². The van der Waals surface area contributed by atoms with E-state index in [1.54, 1.807) is 6.92 Å². The highest BCUT2D eigenvalue weighted by Crippen LogP contribution is 2.27. The number of hydrogen-bond donors (Lipinski definition) is 1. The summed E-state index contributed by atoms with van der Waals surface area (Å²) < 4.78 is 54.6. The van der Waals surface area contributed by atoms with Crippen LogP contribution in [0.15, 0.2) is 6.33 Å². The molecule has 0 saturated carbocycles. The summed E-state index contributed by atoms with van der Waals surface area (Å²) in [5.74, 6) is -3.83. The van der Waals surface area contributed by atoms with Gasteiger partial charge in [0.25, 0.3) is 0 Å². The summed E-state index contributed by atoms with van der Waals surface area (Å²) in [6, 6.07) is 0. The molecule has 0 bridgehead atoms. The van der Waals surface area contributed by atoms with Gasteiger partial charge in [-0.25, -0.2) is 18.7 Å². The second-order valence-electron chi connectivity index (χ2n) is 4.14. The third-order valence-electron chi connectivity index (χ3n) is 2.52. The minimum atomic E-state index is -4.20. The Morgan fingerprint density at radius 3 is 2.55 bits per heavy atom. The van der Waals surface area contributed by atoms with Crippen LogP contribution in [0.3, 0.4) is 0 Å². The van der Waals surface area contributed by atoms with Gasteiger partial charge < -0.3 is 10.1 Å². The molecule has 1 heterocycles. The van der Waals surface area contributed by atoms with Crippen molar-refractivity contribution in [3.63, 3.8) is 0 Å². The third-order valence-corrected chi connectivity index (χ3v) is 2.52. The highest BCUT2D eigenvalue weighted by molar-refractivity contribution is 5.48. The Morgan fingerprint density at radius 2 is 2.00 bits per heavy atom. The number of rotatable bonds is 8. The van der Waals surface area contributed by atoms with Gasteiger partial charge in [0, 0.05) is 6.54 Å². The molecule has 0 spiro atoms. The maximum atomic E-state index is 12.8. The van der Waals surface area contributed by atoms with Gasteiger partial charge in [-0.05, 0) is 12.8 Å². The number of ether oxygens (including phenoxy) is 1. The minimum absolute atomic E-state index is 0.0959. The number of nitrogens with one attached hydrogen (secondary N) is 1. The van der Waals surface area contributed by atoms with E-state index >= 15 is 0 Å². The maximum absolute atomic E-state index is 12.8. The van der Waals surface area contributed by atoms with Crippen molar-refractivity contribution in [1.82, 2.24) is 9.97 Å². The van der Waals surface area contributed by atoms with Crippen LogP contribution in [0.1, 0.15) is 25.8 Å². The van der Waals surface area contributed by atoms with Crippen LogP contribution in [0.4, 0.5) is 23.4 Å². The average Bonchev–Trinajstić information content (AvgIpc) is 2.42. The van der Waals surface area contributed by atoms with Crippen molar-refractivity contribution in [1.29, 1.82) is 0 Å². The van der Waals surface area contributed by atoms with E-state index in [9.17, 15) is 17.6 Å². The van der Waals surface area contributed by atoms with Crippen LogP contribution in [0.5, 0.6) is 5.88 Å². The van der Waals surface area contributed by atoms with Crippen LogP contribution in [-0.2, 0) is 6.42 Å². The van der Waals surface area contributed by atoms with Gasteiger partial charge in [-0.15, -0.1) is 0 Å². The predicted octanol–water partition coefficient (Wildman–Crippen LogP) is 3.14. The van der Waals surface area contributed by atoms with E-state index in [1.807, 2.05) is 6.92 Å². The first-order valence-electron chi connectivity index (χ1n) is 6.28. The van der Waals surface area contributed by atoms with E-state index in [4.69, 9.17) is 4.74 Å². The fourth-order valence-corrected chi connectivity index (χ4v) is 1.46. The van der Waals surface area contributed by atoms with E-state index < -0.39 is 19.0 Å². The lowest BCUT2D eigenvalue weighted by Crippen LogP contribution is -2.34. The Labute approximate surface area is 114 Å². The minimum Gasteiger partial charge on any atom is -0.471 e. The van der Waals surface area contributed by atoms with Gasteiger partial charge in [0.15, 0.2) is 6.61 Å². The second kappa shape index (κ2) is 7.25.